The number of nitrogens with zero attached hydrogens (tertiary/aromatic N) is 3. The Kier molecular flexibility index (Phi) is 7.68. The maximum atomic E-state index is 5.56. The van der Waals surface area contributed by atoms with Crippen LogP contribution in [-0.2, 0) is 13.0 Å². The van der Waals surface area contributed by atoms with Crippen molar-refractivity contribution in [3.63, 3.8) is 0 Å². The molecule has 4 rings (SSSR count). The summed E-state index contributed by atoms with van der Waals surface area (Å²) in [7, 11) is 0. The third kappa shape index (κ3) is 5.77. The van der Waals surface area contributed by atoms with Crippen molar-refractivity contribution in [3.8, 4) is 11.4 Å². The first-order valence-electron chi connectivity index (χ1n) is 10.2. The van der Waals surface area contributed by atoms with Crippen molar-refractivity contribution in [1.82, 2.24) is 20.4 Å². The highest BCUT2D eigenvalue weighted by molar-refractivity contribution is 5.85. The fraction of sp³-hybridized carbons (Fsp3) is 0.619. The Morgan fingerprint density at radius 2 is 1.96 bits per heavy atom. The number of nitrogens with one attached hydrogen (secondary N) is 1. The van der Waals surface area contributed by atoms with Gasteiger partial charge in [-0.25, -0.2) is 0 Å². The largest absolute Gasteiger partial charge is 0.339 e. The van der Waals surface area contributed by atoms with E-state index in [9.17, 15) is 0 Å². The number of hydrogen-bond acceptors (Lipinski definition) is 5. The molecule has 27 heavy (non-hydrogen) atoms. The summed E-state index contributed by atoms with van der Waals surface area (Å²) in [4.78, 5) is 7.23. The zero-order chi connectivity index (χ0) is 17.6. The van der Waals surface area contributed by atoms with E-state index in [1.54, 1.807) is 0 Å². The molecular formula is C21H31ClN4O. The maximum Gasteiger partial charge on any atom is 0.227 e. The molecule has 0 spiro atoms. The molecule has 0 aliphatic carbocycles. The van der Waals surface area contributed by atoms with Gasteiger partial charge >= 0.3 is 0 Å². The van der Waals surface area contributed by atoms with Crippen molar-refractivity contribution in [3.05, 3.63) is 35.7 Å². The third-order valence-corrected chi connectivity index (χ3v) is 5.67. The highest BCUT2D eigenvalue weighted by Crippen LogP contribution is 2.22. The second-order valence-electron chi connectivity index (χ2n) is 7.80. The molecule has 1 aromatic heterocycles. The minimum atomic E-state index is 0. The summed E-state index contributed by atoms with van der Waals surface area (Å²) < 4.78 is 5.56. The minimum absolute atomic E-state index is 0. The number of halogens is 1. The zero-order valence-electron chi connectivity index (χ0n) is 16.0. The third-order valence-electron chi connectivity index (χ3n) is 5.67. The Morgan fingerprint density at radius 3 is 2.85 bits per heavy atom. The Labute approximate surface area is 168 Å². The standard InChI is InChI=1S/C21H30N4O.ClH/c1-2-12-25(13-3-1)16-18-6-4-8-19(14-18)21-23-20(26-24-21)15-17-7-5-10-22-11-9-17;/h4,6,8,14,17,22H,1-3,5,7,9-13,15-16H2;1H. The predicted molar refractivity (Wildman–Crippen MR) is 110 cm³/mol. The Hall–Kier alpha value is -1.43. The highest BCUT2D eigenvalue weighted by Gasteiger charge is 2.17. The molecule has 0 saturated carbocycles. The van der Waals surface area contributed by atoms with Gasteiger partial charge in [0.05, 0.1) is 0 Å². The van der Waals surface area contributed by atoms with E-state index in [4.69, 9.17) is 4.52 Å². The SMILES string of the molecule is Cl.c1cc(CN2CCCCC2)cc(-c2noc(CC3CCCNCC3)n2)c1. The van der Waals surface area contributed by atoms with Crippen molar-refractivity contribution in [2.75, 3.05) is 26.2 Å². The summed E-state index contributed by atoms with van der Waals surface area (Å²) in [5, 5.41) is 7.71. The molecular weight excluding hydrogens is 360 g/mol. The maximum absolute atomic E-state index is 5.56. The Balaban J connectivity index is 0.00000210. The van der Waals surface area contributed by atoms with Gasteiger partial charge in [-0.1, -0.05) is 29.8 Å². The number of aromatic nitrogens is 2. The van der Waals surface area contributed by atoms with Crippen LogP contribution >= 0.6 is 12.4 Å². The highest BCUT2D eigenvalue weighted by atomic mass is 35.5. The van der Waals surface area contributed by atoms with Crippen molar-refractivity contribution in [1.29, 1.82) is 0 Å². The van der Waals surface area contributed by atoms with Crippen LogP contribution < -0.4 is 5.32 Å². The minimum Gasteiger partial charge on any atom is -0.339 e. The fourth-order valence-electron chi connectivity index (χ4n) is 4.18. The molecule has 6 heteroatoms. The van der Waals surface area contributed by atoms with Crippen molar-refractivity contribution < 1.29 is 4.52 Å². The molecule has 1 atom stereocenters. The zero-order valence-corrected chi connectivity index (χ0v) is 16.8. The van der Waals surface area contributed by atoms with E-state index in [0.29, 0.717) is 5.92 Å². The van der Waals surface area contributed by atoms with Crippen LogP contribution in [0.15, 0.2) is 28.8 Å². The Bertz CT molecular complexity index is 691. The topological polar surface area (TPSA) is 54.2 Å². The number of benzene rings is 1. The molecule has 1 N–H and O–H groups in total. The molecule has 148 valence electrons. The van der Waals surface area contributed by atoms with Crippen LogP contribution in [0.3, 0.4) is 0 Å². The van der Waals surface area contributed by atoms with E-state index in [2.05, 4.69) is 44.6 Å². The van der Waals surface area contributed by atoms with Gasteiger partial charge in [0.25, 0.3) is 0 Å². The molecule has 2 aromatic rings. The first-order chi connectivity index (χ1) is 12.9. The van der Waals surface area contributed by atoms with Gasteiger partial charge < -0.3 is 9.84 Å². The van der Waals surface area contributed by atoms with E-state index < -0.39 is 0 Å². The van der Waals surface area contributed by atoms with Gasteiger partial charge in [-0.05, 0) is 75.8 Å². The quantitative estimate of drug-likeness (QED) is 0.833. The number of likely N-dealkylation sites (tertiary alicyclic amines) is 1. The van der Waals surface area contributed by atoms with Gasteiger partial charge in [-0.15, -0.1) is 12.4 Å². The summed E-state index contributed by atoms with van der Waals surface area (Å²) in [6, 6.07) is 8.63. The predicted octanol–water partition coefficient (Wildman–Crippen LogP) is 4.08. The lowest BCUT2D eigenvalue weighted by Crippen LogP contribution is -2.29. The van der Waals surface area contributed by atoms with Crippen LogP contribution in [0, 0.1) is 5.92 Å². The first-order valence-corrected chi connectivity index (χ1v) is 10.2. The average Bonchev–Trinajstić information content (AvgIpc) is 2.98. The molecule has 3 heterocycles. The van der Waals surface area contributed by atoms with Gasteiger partial charge in [0, 0.05) is 18.5 Å². The van der Waals surface area contributed by atoms with Crippen LogP contribution in [0.1, 0.15) is 50.0 Å². The summed E-state index contributed by atoms with van der Waals surface area (Å²) in [5.74, 6) is 2.17. The molecule has 2 aliphatic rings. The molecule has 2 saturated heterocycles. The summed E-state index contributed by atoms with van der Waals surface area (Å²) in [6.45, 7) is 5.69. The van der Waals surface area contributed by atoms with Crippen molar-refractivity contribution in [2.24, 2.45) is 5.92 Å². The lowest BCUT2D eigenvalue weighted by atomic mass is 9.97. The van der Waals surface area contributed by atoms with Crippen LogP contribution in [0.5, 0.6) is 0 Å². The molecule has 0 bridgehead atoms. The summed E-state index contributed by atoms with van der Waals surface area (Å²) in [5.41, 5.74) is 2.41. The van der Waals surface area contributed by atoms with Gasteiger partial charge in [-0.2, -0.15) is 4.98 Å². The summed E-state index contributed by atoms with van der Waals surface area (Å²) in [6.07, 6.45) is 8.61. The van der Waals surface area contributed by atoms with Crippen LogP contribution in [-0.4, -0.2) is 41.2 Å². The van der Waals surface area contributed by atoms with E-state index >= 15 is 0 Å². The van der Waals surface area contributed by atoms with E-state index in [0.717, 1.165) is 43.3 Å². The molecule has 5 nitrogen and oxygen atoms in total. The van der Waals surface area contributed by atoms with E-state index in [1.165, 1.54) is 57.2 Å². The second-order valence-corrected chi connectivity index (χ2v) is 7.80. The molecule has 0 amide bonds. The lowest BCUT2D eigenvalue weighted by Gasteiger charge is -2.26. The average molecular weight is 391 g/mol. The van der Waals surface area contributed by atoms with Crippen molar-refractivity contribution >= 4 is 12.4 Å². The number of hydrogen-bond donors (Lipinski definition) is 1. The fourth-order valence-corrected chi connectivity index (χ4v) is 4.18. The van der Waals surface area contributed by atoms with Gasteiger partial charge in [-0.3, -0.25) is 4.90 Å². The van der Waals surface area contributed by atoms with Crippen LogP contribution in [0.4, 0.5) is 0 Å². The second kappa shape index (κ2) is 10.2. The number of piperidine rings is 1. The Morgan fingerprint density at radius 1 is 1.07 bits per heavy atom. The van der Waals surface area contributed by atoms with E-state index in [1.807, 2.05) is 0 Å². The van der Waals surface area contributed by atoms with E-state index in [-0.39, 0.29) is 12.4 Å². The summed E-state index contributed by atoms with van der Waals surface area (Å²) >= 11 is 0. The first kappa shape index (κ1) is 20.3. The van der Waals surface area contributed by atoms with Gasteiger partial charge in [0.15, 0.2) is 0 Å². The monoisotopic (exact) mass is 390 g/mol. The van der Waals surface area contributed by atoms with Gasteiger partial charge in [0.2, 0.25) is 11.7 Å². The molecule has 2 fully saturated rings. The molecule has 1 aromatic carbocycles. The van der Waals surface area contributed by atoms with Crippen molar-refractivity contribution in [2.45, 2.75) is 51.5 Å². The molecule has 0 radical (unpaired) electrons. The molecule has 2 aliphatic heterocycles. The smallest absolute Gasteiger partial charge is 0.227 e. The lowest BCUT2D eigenvalue weighted by molar-refractivity contribution is 0.221. The molecule has 1 unspecified atom stereocenters. The normalized spacial score (nSPS) is 21.4. The van der Waals surface area contributed by atoms with Gasteiger partial charge in [0.1, 0.15) is 0 Å². The number of rotatable bonds is 5. The van der Waals surface area contributed by atoms with Crippen LogP contribution in [0.2, 0.25) is 0 Å². The van der Waals surface area contributed by atoms with Crippen LogP contribution in [0.25, 0.3) is 11.4 Å².